The average Bonchev–Trinajstić information content (AvgIpc) is 3.17. The molecule has 1 atom stereocenters. The van der Waals surface area contributed by atoms with Crippen molar-refractivity contribution in [2.75, 3.05) is 33.8 Å². The molecule has 0 spiro atoms. The number of amides is 1. The molecule has 0 bridgehead atoms. The third kappa shape index (κ3) is 9.73. The number of likely N-dealkylation sites (N-methyl/N-ethyl adjacent to an activating group) is 1. The normalized spacial score (nSPS) is 15.6. The van der Waals surface area contributed by atoms with Crippen LogP contribution in [0.25, 0.3) is 0 Å². The van der Waals surface area contributed by atoms with E-state index in [2.05, 4.69) is 34.7 Å². The second-order valence-electron chi connectivity index (χ2n) is 7.57. The Morgan fingerprint density at radius 2 is 1.93 bits per heavy atom. The van der Waals surface area contributed by atoms with Crippen LogP contribution in [0.2, 0.25) is 0 Å². The maximum atomic E-state index is 11.8. The van der Waals surface area contributed by atoms with Gasteiger partial charge in [-0.05, 0) is 24.3 Å². The Morgan fingerprint density at radius 1 is 1.25 bits per heavy atom. The molecule has 1 fully saturated rings. The van der Waals surface area contributed by atoms with Gasteiger partial charge in [0.05, 0.1) is 13.2 Å². The van der Waals surface area contributed by atoms with Gasteiger partial charge < -0.3 is 20.3 Å². The number of carbonyl (C=O) groups is 1. The molecule has 1 aromatic carbocycles. The van der Waals surface area contributed by atoms with Crippen molar-refractivity contribution in [3.63, 3.8) is 0 Å². The van der Waals surface area contributed by atoms with Gasteiger partial charge in [-0.25, -0.2) is 4.99 Å². The Labute approximate surface area is 186 Å². The summed E-state index contributed by atoms with van der Waals surface area (Å²) in [4.78, 5) is 17.9. The van der Waals surface area contributed by atoms with Crippen molar-refractivity contribution in [1.82, 2.24) is 15.5 Å². The number of aliphatic imine (C=N–C) groups is 1. The molecule has 28 heavy (non-hydrogen) atoms. The fraction of sp³-hybridized carbons (Fsp3) is 0.619. The number of carbonyl (C=O) groups excluding carboxylic acids is 1. The van der Waals surface area contributed by atoms with Gasteiger partial charge in [0.1, 0.15) is 6.54 Å². The number of nitrogens with one attached hydrogen (secondary N) is 2. The van der Waals surface area contributed by atoms with Crippen molar-refractivity contribution >= 4 is 35.8 Å². The number of rotatable bonds is 9. The second-order valence-corrected chi connectivity index (χ2v) is 7.57. The van der Waals surface area contributed by atoms with Crippen LogP contribution in [0.4, 0.5) is 0 Å². The van der Waals surface area contributed by atoms with Crippen LogP contribution in [-0.2, 0) is 16.1 Å². The number of hydrogen-bond acceptors (Lipinski definition) is 3. The molecule has 2 rings (SSSR count). The zero-order valence-corrected chi connectivity index (χ0v) is 19.6. The molecule has 1 amide bonds. The van der Waals surface area contributed by atoms with Gasteiger partial charge >= 0.3 is 0 Å². The van der Waals surface area contributed by atoms with E-state index in [9.17, 15) is 4.79 Å². The van der Waals surface area contributed by atoms with E-state index in [1.165, 1.54) is 18.4 Å². The Kier molecular flexibility index (Phi) is 12.1. The standard InChI is InChI=1S/C21H34N4O2.HI/c1-17(15-27-16-18-9-5-4-6-10-18)13-22-21(23-14-20(26)25(2)3)24-19-11-7-8-12-19;/h4-6,9-10,17,19H,7-8,11-16H2,1-3H3,(H2,22,23,24);1H. The van der Waals surface area contributed by atoms with Gasteiger partial charge in [0.15, 0.2) is 5.96 Å². The van der Waals surface area contributed by atoms with Crippen LogP contribution in [0, 0.1) is 5.92 Å². The van der Waals surface area contributed by atoms with E-state index in [4.69, 9.17) is 4.74 Å². The summed E-state index contributed by atoms with van der Waals surface area (Å²) < 4.78 is 5.82. The van der Waals surface area contributed by atoms with Crippen molar-refractivity contribution in [2.45, 2.75) is 45.3 Å². The number of guanidine groups is 1. The average molecular weight is 502 g/mol. The Bertz CT molecular complexity index is 589. The zero-order valence-electron chi connectivity index (χ0n) is 17.3. The monoisotopic (exact) mass is 502 g/mol. The molecule has 2 N–H and O–H groups in total. The fourth-order valence-corrected chi connectivity index (χ4v) is 2.99. The van der Waals surface area contributed by atoms with Crippen molar-refractivity contribution in [1.29, 1.82) is 0 Å². The summed E-state index contributed by atoms with van der Waals surface area (Å²) >= 11 is 0. The molecule has 0 heterocycles. The second kappa shape index (κ2) is 13.8. The number of benzene rings is 1. The first-order valence-electron chi connectivity index (χ1n) is 9.91. The SMILES string of the molecule is CC(CNC(=NCC(=O)N(C)C)NC1CCCC1)COCc1ccccc1.I. The number of ether oxygens (including phenoxy) is 1. The highest BCUT2D eigenvalue weighted by Crippen LogP contribution is 2.17. The molecule has 1 unspecified atom stereocenters. The molecular formula is C21H35IN4O2. The minimum Gasteiger partial charge on any atom is -0.376 e. The van der Waals surface area contributed by atoms with E-state index in [1.54, 1.807) is 19.0 Å². The minimum atomic E-state index is 0. The molecule has 1 aromatic rings. The van der Waals surface area contributed by atoms with Crippen molar-refractivity contribution in [3.05, 3.63) is 35.9 Å². The Hall–Kier alpha value is -1.35. The highest BCUT2D eigenvalue weighted by atomic mass is 127. The summed E-state index contributed by atoms with van der Waals surface area (Å²) in [7, 11) is 3.50. The van der Waals surface area contributed by atoms with Gasteiger partial charge in [0, 0.05) is 26.7 Å². The lowest BCUT2D eigenvalue weighted by molar-refractivity contribution is -0.127. The highest BCUT2D eigenvalue weighted by Gasteiger charge is 2.17. The smallest absolute Gasteiger partial charge is 0.243 e. The molecule has 158 valence electrons. The van der Waals surface area contributed by atoms with Gasteiger partial charge in [-0.2, -0.15) is 0 Å². The number of halogens is 1. The third-order valence-corrected chi connectivity index (χ3v) is 4.70. The number of nitrogens with zero attached hydrogens (tertiary/aromatic N) is 2. The third-order valence-electron chi connectivity index (χ3n) is 4.70. The zero-order chi connectivity index (χ0) is 19.5. The molecule has 0 aromatic heterocycles. The Balaban J connectivity index is 0.00000392. The van der Waals surface area contributed by atoms with Gasteiger partial charge in [-0.3, -0.25) is 4.79 Å². The van der Waals surface area contributed by atoms with E-state index in [0.717, 1.165) is 25.3 Å². The van der Waals surface area contributed by atoms with E-state index in [1.807, 2.05) is 18.2 Å². The van der Waals surface area contributed by atoms with Crippen molar-refractivity contribution < 1.29 is 9.53 Å². The highest BCUT2D eigenvalue weighted by molar-refractivity contribution is 14.0. The summed E-state index contributed by atoms with van der Waals surface area (Å²) in [6, 6.07) is 10.7. The lowest BCUT2D eigenvalue weighted by Gasteiger charge is -2.20. The van der Waals surface area contributed by atoms with Crippen LogP contribution in [0.5, 0.6) is 0 Å². The van der Waals surface area contributed by atoms with Gasteiger partial charge in [-0.1, -0.05) is 50.1 Å². The van der Waals surface area contributed by atoms with Gasteiger partial charge in [0.25, 0.3) is 0 Å². The molecule has 0 aliphatic heterocycles. The van der Waals surface area contributed by atoms with Gasteiger partial charge in [-0.15, -0.1) is 24.0 Å². The summed E-state index contributed by atoms with van der Waals surface area (Å²) in [6.07, 6.45) is 4.84. The number of hydrogen-bond donors (Lipinski definition) is 2. The predicted molar refractivity (Wildman–Crippen MR) is 125 cm³/mol. The molecule has 1 aliphatic rings. The molecule has 1 saturated carbocycles. The summed E-state index contributed by atoms with van der Waals surface area (Å²) in [6.45, 7) is 4.37. The lowest BCUT2D eigenvalue weighted by Crippen LogP contribution is -2.44. The first-order chi connectivity index (χ1) is 13.0. The Morgan fingerprint density at radius 3 is 2.57 bits per heavy atom. The fourth-order valence-electron chi connectivity index (χ4n) is 2.99. The van der Waals surface area contributed by atoms with Crippen LogP contribution < -0.4 is 10.6 Å². The first-order valence-corrected chi connectivity index (χ1v) is 9.91. The van der Waals surface area contributed by atoms with E-state index in [-0.39, 0.29) is 36.4 Å². The van der Waals surface area contributed by atoms with Crippen LogP contribution >= 0.6 is 24.0 Å². The molecule has 0 saturated heterocycles. The molecule has 1 aliphatic carbocycles. The summed E-state index contributed by atoms with van der Waals surface area (Å²) in [5, 5.41) is 6.85. The predicted octanol–water partition coefficient (Wildman–Crippen LogP) is 3.02. The van der Waals surface area contributed by atoms with Crippen LogP contribution in [-0.4, -0.2) is 56.6 Å². The summed E-state index contributed by atoms with van der Waals surface area (Å²) in [5.41, 5.74) is 1.19. The first kappa shape index (κ1) is 24.7. The van der Waals surface area contributed by atoms with Crippen LogP contribution in [0.1, 0.15) is 38.2 Å². The maximum Gasteiger partial charge on any atom is 0.243 e. The van der Waals surface area contributed by atoms with Crippen LogP contribution in [0.3, 0.4) is 0 Å². The lowest BCUT2D eigenvalue weighted by atomic mass is 10.2. The molecular weight excluding hydrogens is 467 g/mol. The molecule has 6 nitrogen and oxygen atoms in total. The van der Waals surface area contributed by atoms with E-state index < -0.39 is 0 Å². The topological polar surface area (TPSA) is 66.0 Å². The van der Waals surface area contributed by atoms with Crippen molar-refractivity contribution in [3.8, 4) is 0 Å². The maximum absolute atomic E-state index is 11.8. The largest absolute Gasteiger partial charge is 0.376 e. The van der Waals surface area contributed by atoms with E-state index >= 15 is 0 Å². The molecule has 0 radical (unpaired) electrons. The molecule has 7 heteroatoms. The van der Waals surface area contributed by atoms with Gasteiger partial charge in [0.2, 0.25) is 5.91 Å². The summed E-state index contributed by atoms with van der Waals surface area (Å²) in [5.74, 6) is 1.07. The van der Waals surface area contributed by atoms with E-state index in [0.29, 0.717) is 25.2 Å². The van der Waals surface area contributed by atoms with Crippen molar-refractivity contribution in [2.24, 2.45) is 10.9 Å². The minimum absolute atomic E-state index is 0. The quantitative estimate of drug-likeness (QED) is 0.310. The van der Waals surface area contributed by atoms with Crippen LogP contribution in [0.15, 0.2) is 35.3 Å².